The predicted octanol–water partition coefficient (Wildman–Crippen LogP) is 2.34. The van der Waals surface area contributed by atoms with Crippen LogP contribution in [-0.2, 0) is 16.1 Å². The Morgan fingerprint density at radius 1 is 0.939 bits per heavy atom. The van der Waals surface area contributed by atoms with E-state index in [1.54, 1.807) is 18.2 Å². The first kappa shape index (κ1) is 21.8. The van der Waals surface area contributed by atoms with Crippen LogP contribution in [0.2, 0.25) is 0 Å². The van der Waals surface area contributed by atoms with E-state index in [1.165, 1.54) is 0 Å². The fraction of sp³-hybridized carbons (Fsp3) is 0.458. The summed E-state index contributed by atoms with van der Waals surface area (Å²) < 4.78 is 11.3. The Balaban J connectivity index is 1.65. The van der Waals surface area contributed by atoms with E-state index in [2.05, 4.69) is 23.6 Å². The molecule has 2 fully saturated rings. The van der Waals surface area contributed by atoms with Crippen molar-refractivity contribution in [3.63, 3.8) is 0 Å². The van der Waals surface area contributed by atoms with Crippen LogP contribution >= 0.6 is 0 Å². The lowest BCUT2D eigenvalue weighted by molar-refractivity contribution is 0.0973. The number of benzene rings is 1. The number of aromatic nitrogens is 3. The Hall–Kier alpha value is -3.01. The molecule has 0 radical (unpaired) electrons. The number of ether oxygens (including phenoxy) is 2. The topological polar surface area (TPSA) is 104 Å². The van der Waals surface area contributed by atoms with Gasteiger partial charge in [0.25, 0.3) is 0 Å². The summed E-state index contributed by atoms with van der Waals surface area (Å²) in [6, 6.07) is 9.42. The van der Waals surface area contributed by atoms with Gasteiger partial charge < -0.3 is 29.5 Å². The summed E-state index contributed by atoms with van der Waals surface area (Å²) >= 11 is 0. The molecule has 9 heteroatoms. The molecule has 0 aliphatic carbocycles. The number of phenols is 1. The zero-order chi connectivity index (χ0) is 22.9. The zero-order valence-corrected chi connectivity index (χ0v) is 18.9. The minimum Gasteiger partial charge on any atom is -0.508 e. The SMILES string of the molecule is C[C@H]1COCCN1c1nc(N2CCOC[C@@H]2C)c2ccc(-c3ccc(O)c(CO)c3)nc2n1. The van der Waals surface area contributed by atoms with E-state index in [0.29, 0.717) is 43.6 Å². The lowest BCUT2D eigenvalue weighted by Crippen LogP contribution is -2.46. The van der Waals surface area contributed by atoms with Crippen molar-refractivity contribution in [3.05, 3.63) is 35.9 Å². The second-order valence-corrected chi connectivity index (χ2v) is 8.65. The first-order valence-electron chi connectivity index (χ1n) is 11.4. The number of rotatable bonds is 4. The predicted molar refractivity (Wildman–Crippen MR) is 126 cm³/mol. The number of morpholine rings is 2. The Morgan fingerprint density at radius 3 is 2.36 bits per heavy atom. The molecule has 174 valence electrons. The summed E-state index contributed by atoms with van der Waals surface area (Å²) in [6.45, 7) is 8.06. The molecule has 0 unspecified atom stereocenters. The number of aliphatic hydroxyl groups is 1. The Kier molecular flexibility index (Phi) is 6.01. The smallest absolute Gasteiger partial charge is 0.229 e. The van der Waals surface area contributed by atoms with Gasteiger partial charge in [0.05, 0.1) is 56.2 Å². The number of aliphatic hydroxyl groups excluding tert-OH is 1. The van der Waals surface area contributed by atoms with E-state index in [1.807, 2.05) is 12.1 Å². The quantitative estimate of drug-likeness (QED) is 0.618. The van der Waals surface area contributed by atoms with Crippen molar-refractivity contribution in [2.45, 2.75) is 32.5 Å². The molecule has 5 rings (SSSR count). The van der Waals surface area contributed by atoms with Crippen molar-refractivity contribution in [1.82, 2.24) is 15.0 Å². The van der Waals surface area contributed by atoms with Gasteiger partial charge >= 0.3 is 0 Å². The van der Waals surface area contributed by atoms with Gasteiger partial charge in [0, 0.05) is 24.2 Å². The molecule has 0 amide bonds. The molecule has 2 atom stereocenters. The van der Waals surface area contributed by atoms with Crippen LogP contribution in [0.3, 0.4) is 0 Å². The van der Waals surface area contributed by atoms with Gasteiger partial charge in [0.1, 0.15) is 11.6 Å². The van der Waals surface area contributed by atoms with Crippen LogP contribution in [0.1, 0.15) is 19.4 Å². The zero-order valence-electron chi connectivity index (χ0n) is 18.9. The number of hydrogen-bond donors (Lipinski definition) is 2. The van der Waals surface area contributed by atoms with E-state index >= 15 is 0 Å². The van der Waals surface area contributed by atoms with Crippen molar-refractivity contribution in [2.24, 2.45) is 0 Å². The van der Waals surface area contributed by atoms with E-state index in [-0.39, 0.29) is 24.4 Å². The van der Waals surface area contributed by atoms with Gasteiger partial charge in [-0.15, -0.1) is 0 Å². The second kappa shape index (κ2) is 9.09. The highest BCUT2D eigenvalue weighted by Crippen LogP contribution is 2.32. The third-order valence-electron chi connectivity index (χ3n) is 6.34. The molecule has 0 bridgehead atoms. The average molecular weight is 452 g/mol. The highest BCUT2D eigenvalue weighted by Gasteiger charge is 2.27. The van der Waals surface area contributed by atoms with Gasteiger partial charge in [-0.3, -0.25) is 0 Å². The molecule has 0 saturated carbocycles. The molecule has 2 aliphatic rings. The van der Waals surface area contributed by atoms with Gasteiger partial charge in [-0.2, -0.15) is 9.97 Å². The number of aromatic hydroxyl groups is 1. The lowest BCUT2D eigenvalue weighted by Gasteiger charge is -2.37. The molecule has 2 saturated heterocycles. The molecule has 33 heavy (non-hydrogen) atoms. The molecular weight excluding hydrogens is 422 g/mol. The summed E-state index contributed by atoms with van der Waals surface area (Å²) in [6.07, 6.45) is 0. The number of anilines is 2. The summed E-state index contributed by atoms with van der Waals surface area (Å²) in [5, 5.41) is 20.4. The van der Waals surface area contributed by atoms with Gasteiger partial charge in [-0.1, -0.05) is 0 Å². The molecule has 2 N–H and O–H groups in total. The summed E-state index contributed by atoms with van der Waals surface area (Å²) in [7, 11) is 0. The molecule has 3 aromatic rings. The molecule has 1 aromatic carbocycles. The first-order chi connectivity index (χ1) is 16.0. The fourth-order valence-corrected chi connectivity index (χ4v) is 4.43. The van der Waals surface area contributed by atoms with Crippen LogP contribution in [-0.4, -0.2) is 76.8 Å². The van der Waals surface area contributed by atoms with Gasteiger partial charge in [-0.25, -0.2) is 4.98 Å². The molecule has 4 heterocycles. The van der Waals surface area contributed by atoms with E-state index in [4.69, 9.17) is 24.4 Å². The molecule has 9 nitrogen and oxygen atoms in total. The van der Waals surface area contributed by atoms with E-state index < -0.39 is 0 Å². The van der Waals surface area contributed by atoms with Gasteiger partial charge in [0.2, 0.25) is 5.95 Å². The maximum atomic E-state index is 9.93. The first-order valence-corrected chi connectivity index (χ1v) is 11.4. The Labute approximate surface area is 192 Å². The minimum atomic E-state index is -0.243. The normalized spacial score (nSPS) is 21.5. The number of pyridine rings is 1. The largest absolute Gasteiger partial charge is 0.508 e. The maximum absolute atomic E-state index is 9.93. The molecule has 2 aromatic heterocycles. The van der Waals surface area contributed by atoms with Crippen LogP contribution in [0.25, 0.3) is 22.3 Å². The maximum Gasteiger partial charge on any atom is 0.229 e. The molecule has 0 spiro atoms. The highest BCUT2D eigenvalue weighted by molar-refractivity contribution is 5.90. The van der Waals surface area contributed by atoms with Crippen LogP contribution in [0.15, 0.2) is 30.3 Å². The second-order valence-electron chi connectivity index (χ2n) is 8.65. The third-order valence-corrected chi connectivity index (χ3v) is 6.34. The third kappa shape index (κ3) is 4.19. The Bertz CT molecular complexity index is 1160. The summed E-state index contributed by atoms with van der Waals surface area (Å²) in [5.74, 6) is 1.58. The minimum absolute atomic E-state index is 0.0662. The lowest BCUT2D eigenvalue weighted by atomic mass is 10.1. The monoisotopic (exact) mass is 451 g/mol. The van der Waals surface area contributed by atoms with Crippen molar-refractivity contribution >= 4 is 22.8 Å². The fourth-order valence-electron chi connectivity index (χ4n) is 4.43. The van der Waals surface area contributed by atoms with Gasteiger partial charge in [-0.05, 0) is 44.2 Å². The number of hydrogen-bond acceptors (Lipinski definition) is 9. The van der Waals surface area contributed by atoms with Crippen LogP contribution in [0.4, 0.5) is 11.8 Å². The van der Waals surface area contributed by atoms with Crippen molar-refractivity contribution < 1.29 is 19.7 Å². The Morgan fingerprint density at radius 2 is 1.67 bits per heavy atom. The average Bonchev–Trinajstić information content (AvgIpc) is 2.84. The van der Waals surface area contributed by atoms with Crippen LogP contribution in [0.5, 0.6) is 5.75 Å². The highest BCUT2D eigenvalue weighted by atomic mass is 16.5. The molecular formula is C24H29N5O4. The van der Waals surface area contributed by atoms with E-state index in [0.717, 1.165) is 35.6 Å². The standard InChI is InChI=1S/C24H29N5O4/c1-15-13-32-9-7-28(15)23-19-4-5-20(17-3-6-21(31)18(11-17)12-30)25-22(19)26-24(27-23)29-8-10-33-14-16(29)2/h3-6,11,15-16,30-31H,7-10,12-14H2,1-2H3/t15-,16-/m0/s1. The van der Waals surface area contributed by atoms with Crippen LogP contribution in [0, 0.1) is 0 Å². The van der Waals surface area contributed by atoms with Crippen molar-refractivity contribution in [3.8, 4) is 17.0 Å². The van der Waals surface area contributed by atoms with Crippen molar-refractivity contribution in [2.75, 3.05) is 49.3 Å². The number of fused-ring (bicyclic) bond motifs is 1. The van der Waals surface area contributed by atoms with Gasteiger partial charge in [0.15, 0.2) is 5.65 Å². The summed E-state index contributed by atoms with van der Waals surface area (Å²) in [4.78, 5) is 19.2. The summed E-state index contributed by atoms with van der Waals surface area (Å²) in [5.41, 5.74) is 2.60. The van der Waals surface area contributed by atoms with Crippen molar-refractivity contribution in [1.29, 1.82) is 0 Å². The van der Waals surface area contributed by atoms with E-state index in [9.17, 15) is 10.2 Å². The molecule has 2 aliphatic heterocycles. The van der Waals surface area contributed by atoms with Crippen LogP contribution < -0.4 is 9.80 Å². The number of nitrogens with zero attached hydrogens (tertiary/aromatic N) is 5.